The molecule has 6 heteroatoms. The molecule has 1 aliphatic heterocycles. The lowest BCUT2D eigenvalue weighted by atomic mass is 10.1. The highest BCUT2D eigenvalue weighted by Crippen LogP contribution is 2.16. The van der Waals surface area contributed by atoms with E-state index in [2.05, 4.69) is 10.6 Å². The molecule has 2 N–H and O–H groups in total. The highest BCUT2D eigenvalue weighted by Gasteiger charge is 2.29. The van der Waals surface area contributed by atoms with Crippen LogP contribution in [0.2, 0.25) is 0 Å². The van der Waals surface area contributed by atoms with E-state index in [1.54, 1.807) is 23.1 Å². The van der Waals surface area contributed by atoms with E-state index in [1.807, 2.05) is 19.1 Å². The topological polar surface area (TPSA) is 61.4 Å². The van der Waals surface area contributed by atoms with Crippen LogP contribution in [0.5, 0.6) is 0 Å². The SMILES string of the molecule is CCCN1C(=O)/C(=C/c2ccc(NC(C)=O)cc2)NC1=S. The number of amides is 2. The number of thiocarbonyl (C=S) groups is 1. The Morgan fingerprint density at radius 1 is 1.38 bits per heavy atom. The fourth-order valence-electron chi connectivity index (χ4n) is 2.03. The van der Waals surface area contributed by atoms with Gasteiger partial charge in [-0.05, 0) is 42.4 Å². The number of rotatable bonds is 4. The molecule has 21 heavy (non-hydrogen) atoms. The van der Waals surface area contributed by atoms with E-state index in [4.69, 9.17) is 12.2 Å². The Labute approximate surface area is 129 Å². The summed E-state index contributed by atoms with van der Waals surface area (Å²) in [6, 6.07) is 7.24. The molecule has 1 fully saturated rings. The number of hydrogen-bond acceptors (Lipinski definition) is 3. The van der Waals surface area contributed by atoms with Crippen molar-refractivity contribution in [2.75, 3.05) is 11.9 Å². The van der Waals surface area contributed by atoms with Gasteiger partial charge in [-0.25, -0.2) is 0 Å². The standard InChI is InChI=1S/C15H17N3O2S/c1-3-8-18-14(20)13(17-15(18)21)9-11-4-6-12(7-5-11)16-10(2)19/h4-7,9H,3,8H2,1-2H3,(H,16,19)(H,17,21)/b13-9-. The summed E-state index contributed by atoms with van der Waals surface area (Å²) < 4.78 is 0. The second kappa shape index (κ2) is 6.49. The summed E-state index contributed by atoms with van der Waals surface area (Å²) in [5.41, 5.74) is 2.06. The summed E-state index contributed by atoms with van der Waals surface area (Å²) in [5, 5.41) is 6.07. The summed E-state index contributed by atoms with van der Waals surface area (Å²) in [6.07, 6.45) is 2.61. The molecular formula is C15H17N3O2S. The molecule has 0 unspecified atom stereocenters. The highest BCUT2D eigenvalue weighted by molar-refractivity contribution is 7.80. The maximum atomic E-state index is 12.2. The second-order valence-corrected chi connectivity index (χ2v) is 5.13. The molecular weight excluding hydrogens is 286 g/mol. The van der Waals surface area contributed by atoms with Crippen molar-refractivity contribution in [2.24, 2.45) is 0 Å². The van der Waals surface area contributed by atoms with Crippen molar-refractivity contribution in [2.45, 2.75) is 20.3 Å². The van der Waals surface area contributed by atoms with E-state index in [1.165, 1.54) is 6.92 Å². The van der Waals surface area contributed by atoms with Crippen LogP contribution in [0, 0.1) is 0 Å². The number of benzene rings is 1. The predicted octanol–water partition coefficient (Wildman–Crippen LogP) is 2.11. The molecule has 1 aromatic carbocycles. The maximum absolute atomic E-state index is 12.2. The third-order valence-electron chi connectivity index (χ3n) is 2.95. The van der Waals surface area contributed by atoms with Gasteiger partial charge < -0.3 is 10.6 Å². The van der Waals surface area contributed by atoms with Crippen molar-refractivity contribution in [1.29, 1.82) is 0 Å². The first-order valence-electron chi connectivity index (χ1n) is 6.73. The molecule has 0 saturated carbocycles. The quantitative estimate of drug-likeness (QED) is 0.660. The van der Waals surface area contributed by atoms with E-state index in [-0.39, 0.29) is 11.8 Å². The minimum Gasteiger partial charge on any atom is -0.328 e. The maximum Gasteiger partial charge on any atom is 0.276 e. The molecule has 2 amide bonds. The number of carbonyl (C=O) groups excluding carboxylic acids is 2. The van der Waals surface area contributed by atoms with Crippen molar-refractivity contribution >= 4 is 40.9 Å². The van der Waals surface area contributed by atoms with Gasteiger partial charge in [0.25, 0.3) is 5.91 Å². The van der Waals surface area contributed by atoms with Crippen molar-refractivity contribution in [3.8, 4) is 0 Å². The van der Waals surface area contributed by atoms with Crippen LogP contribution < -0.4 is 10.6 Å². The normalized spacial score (nSPS) is 16.3. The first-order valence-corrected chi connectivity index (χ1v) is 7.14. The lowest BCUT2D eigenvalue weighted by molar-refractivity contribution is -0.122. The Kier molecular flexibility index (Phi) is 4.70. The van der Waals surface area contributed by atoms with Gasteiger partial charge in [0.05, 0.1) is 0 Å². The Bertz CT molecular complexity index is 608. The van der Waals surface area contributed by atoms with Gasteiger partial charge in [-0.1, -0.05) is 19.1 Å². The fourth-order valence-corrected chi connectivity index (χ4v) is 2.32. The smallest absolute Gasteiger partial charge is 0.276 e. The van der Waals surface area contributed by atoms with Gasteiger partial charge in [0.1, 0.15) is 5.70 Å². The van der Waals surface area contributed by atoms with Crippen molar-refractivity contribution in [3.05, 3.63) is 35.5 Å². The molecule has 1 aromatic rings. The van der Waals surface area contributed by atoms with Crippen LogP contribution in [0.1, 0.15) is 25.8 Å². The van der Waals surface area contributed by atoms with E-state index in [0.717, 1.165) is 17.7 Å². The number of hydrogen-bond donors (Lipinski definition) is 2. The van der Waals surface area contributed by atoms with Crippen LogP contribution >= 0.6 is 12.2 Å². The number of anilines is 1. The fraction of sp³-hybridized carbons (Fsp3) is 0.267. The molecule has 0 aliphatic carbocycles. The monoisotopic (exact) mass is 303 g/mol. The Balaban J connectivity index is 2.15. The van der Waals surface area contributed by atoms with Gasteiger partial charge in [-0.15, -0.1) is 0 Å². The molecule has 0 atom stereocenters. The molecule has 1 aliphatic rings. The van der Waals surface area contributed by atoms with Gasteiger partial charge in [0.15, 0.2) is 5.11 Å². The van der Waals surface area contributed by atoms with E-state index in [9.17, 15) is 9.59 Å². The Morgan fingerprint density at radius 2 is 2.05 bits per heavy atom. The van der Waals surface area contributed by atoms with E-state index < -0.39 is 0 Å². The molecule has 0 aromatic heterocycles. The first kappa shape index (κ1) is 15.2. The first-order chi connectivity index (χ1) is 10.0. The van der Waals surface area contributed by atoms with Crippen LogP contribution in [-0.2, 0) is 9.59 Å². The molecule has 1 saturated heterocycles. The molecule has 5 nitrogen and oxygen atoms in total. The van der Waals surface area contributed by atoms with Crippen molar-refractivity contribution in [1.82, 2.24) is 10.2 Å². The molecule has 1 heterocycles. The second-order valence-electron chi connectivity index (χ2n) is 4.75. The zero-order chi connectivity index (χ0) is 15.4. The van der Waals surface area contributed by atoms with Gasteiger partial charge in [-0.2, -0.15) is 0 Å². The summed E-state index contributed by atoms with van der Waals surface area (Å²) in [5.74, 6) is -0.220. The van der Waals surface area contributed by atoms with Crippen LogP contribution in [0.4, 0.5) is 5.69 Å². The lowest BCUT2D eigenvalue weighted by Crippen LogP contribution is -2.31. The lowest BCUT2D eigenvalue weighted by Gasteiger charge is -2.11. The minimum absolute atomic E-state index is 0.104. The molecule has 2 rings (SSSR count). The summed E-state index contributed by atoms with van der Waals surface area (Å²) >= 11 is 5.15. The van der Waals surface area contributed by atoms with Crippen LogP contribution in [-0.4, -0.2) is 28.4 Å². The summed E-state index contributed by atoms with van der Waals surface area (Å²) in [7, 11) is 0. The van der Waals surface area contributed by atoms with Crippen LogP contribution in [0.3, 0.4) is 0 Å². The average Bonchev–Trinajstić information content (AvgIpc) is 2.69. The Morgan fingerprint density at radius 3 is 2.62 bits per heavy atom. The number of carbonyl (C=O) groups is 2. The van der Waals surface area contributed by atoms with E-state index in [0.29, 0.717) is 17.4 Å². The molecule has 0 spiro atoms. The average molecular weight is 303 g/mol. The number of nitrogens with zero attached hydrogens (tertiary/aromatic N) is 1. The van der Waals surface area contributed by atoms with Gasteiger partial charge in [-0.3, -0.25) is 14.5 Å². The third kappa shape index (κ3) is 3.66. The highest BCUT2D eigenvalue weighted by atomic mass is 32.1. The number of nitrogens with one attached hydrogen (secondary N) is 2. The largest absolute Gasteiger partial charge is 0.328 e. The predicted molar refractivity (Wildman–Crippen MR) is 86.5 cm³/mol. The van der Waals surface area contributed by atoms with Gasteiger partial charge in [0, 0.05) is 19.2 Å². The molecule has 0 radical (unpaired) electrons. The third-order valence-corrected chi connectivity index (χ3v) is 3.27. The summed E-state index contributed by atoms with van der Waals surface area (Å²) in [4.78, 5) is 24.7. The molecule has 110 valence electrons. The van der Waals surface area contributed by atoms with Crippen molar-refractivity contribution in [3.63, 3.8) is 0 Å². The Hall–Kier alpha value is -2.21. The van der Waals surface area contributed by atoms with Crippen LogP contribution in [0.15, 0.2) is 30.0 Å². The zero-order valence-corrected chi connectivity index (χ0v) is 12.8. The van der Waals surface area contributed by atoms with Gasteiger partial charge in [0.2, 0.25) is 5.91 Å². The summed E-state index contributed by atoms with van der Waals surface area (Å²) in [6.45, 7) is 4.07. The zero-order valence-electron chi connectivity index (χ0n) is 12.0. The van der Waals surface area contributed by atoms with Gasteiger partial charge >= 0.3 is 0 Å². The minimum atomic E-state index is -0.116. The van der Waals surface area contributed by atoms with Crippen LogP contribution in [0.25, 0.3) is 6.08 Å². The molecule has 0 bridgehead atoms. The van der Waals surface area contributed by atoms with E-state index >= 15 is 0 Å². The van der Waals surface area contributed by atoms with Crippen molar-refractivity contribution < 1.29 is 9.59 Å².